The van der Waals surface area contributed by atoms with E-state index in [0.29, 0.717) is 5.69 Å². The summed E-state index contributed by atoms with van der Waals surface area (Å²) in [7, 11) is 0. The molecule has 0 radical (unpaired) electrons. The fourth-order valence-corrected chi connectivity index (χ4v) is 2.57. The third-order valence-electron chi connectivity index (χ3n) is 3.82. The number of carbonyl (C=O) groups is 2. The van der Waals surface area contributed by atoms with Gasteiger partial charge in [0.05, 0.1) is 12.0 Å². The number of nitrogens with one attached hydrogen (secondary N) is 1. The van der Waals surface area contributed by atoms with Crippen molar-refractivity contribution < 1.29 is 14.7 Å². The van der Waals surface area contributed by atoms with Crippen molar-refractivity contribution in [3.63, 3.8) is 0 Å². The standard InChI is InChI=1S/C21H17NO3/c23-20(22-19-8-4-7-18(14-19)21(24)25)13-15-9-11-17(12-10-15)16-5-2-1-3-6-16/h1-12,14H,13H2,(H,22,23)(H,24,25). The fourth-order valence-electron chi connectivity index (χ4n) is 2.57. The first-order chi connectivity index (χ1) is 12.1. The summed E-state index contributed by atoms with van der Waals surface area (Å²) in [5, 5.41) is 11.7. The van der Waals surface area contributed by atoms with E-state index in [1.807, 2.05) is 54.6 Å². The van der Waals surface area contributed by atoms with Crippen LogP contribution in [0.5, 0.6) is 0 Å². The summed E-state index contributed by atoms with van der Waals surface area (Å²) in [4.78, 5) is 23.1. The van der Waals surface area contributed by atoms with Crippen molar-refractivity contribution >= 4 is 17.6 Å². The lowest BCUT2D eigenvalue weighted by atomic mass is 10.0. The molecule has 3 aromatic rings. The van der Waals surface area contributed by atoms with E-state index in [9.17, 15) is 9.59 Å². The predicted molar refractivity (Wildman–Crippen MR) is 97.6 cm³/mol. The van der Waals surface area contributed by atoms with E-state index in [4.69, 9.17) is 5.11 Å². The summed E-state index contributed by atoms with van der Waals surface area (Å²) >= 11 is 0. The van der Waals surface area contributed by atoms with Crippen LogP contribution in [0.25, 0.3) is 11.1 Å². The van der Waals surface area contributed by atoms with Gasteiger partial charge in [-0.3, -0.25) is 4.79 Å². The van der Waals surface area contributed by atoms with Crippen LogP contribution in [-0.4, -0.2) is 17.0 Å². The Morgan fingerprint density at radius 3 is 2.16 bits per heavy atom. The molecule has 0 unspecified atom stereocenters. The number of aromatic carboxylic acids is 1. The van der Waals surface area contributed by atoms with Gasteiger partial charge < -0.3 is 10.4 Å². The molecule has 0 aliphatic rings. The predicted octanol–water partition coefficient (Wildman–Crippen LogP) is 4.23. The highest BCUT2D eigenvalue weighted by Gasteiger charge is 2.07. The third kappa shape index (κ3) is 4.32. The zero-order valence-corrected chi connectivity index (χ0v) is 13.5. The highest BCUT2D eigenvalue weighted by Crippen LogP contribution is 2.19. The second kappa shape index (κ2) is 7.45. The van der Waals surface area contributed by atoms with Crippen LogP contribution >= 0.6 is 0 Å². The van der Waals surface area contributed by atoms with Gasteiger partial charge in [-0.1, -0.05) is 60.7 Å². The molecule has 0 bridgehead atoms. The summed E-state index contributed by atoms with van der Waals surface area (Å²) in [5.74, 6) is -1.21. The smallest absolute Gasteiger partial charge is 0.335 e. The Morgan fingerprint density at radius 1 is 0.800 bits per heavy atom. The molecule has 0 atom stereocenters. The van der Waals surface area contributed by atoms with Crippen LogP contribution in [0, 0.1) is 0 Å². The van der Waals surface area contributed by atoms with Gasteiger partial charge in [0.1, 0.15) is 0 Å². The van der Waals surface area contributed by atoms with Gasteiger partial charge in [-0.15, -0.1) is 0 Å². The van der Waals surface area contributed by atoms with E-state index in [-0.39, 0.29) is 17.9 Å². The SMILES string of the molecule is O=C(Cc1ccc(-c2ccccc2)cc1)Nc1cccc(C(=O)O)c1. The topological polar surface area (TPSA) is 66.4 Å². The van der Waals surface area contributed by atoms with Gasteiger partial charge in [0.2, 0.25) is 5.91 Å². The molecule has 3 rings (SSSR count). The fraction of sp³-hybridized carbons (Fsp3) is 0.0476. The molecule has 0 heterocycles. The van der Waals surface area contributed by atoms with E-state index in [2.05, 4.69) is 5.32 Å². The average molecular weight is 331 g/mol. The van der Waals surface area contributed by atoms with Crippen molar-refractivity contribution in [1.29, 1.82) is 0 Å². The number of hydrogen-bond acceptors (Lipinski definition) is 2. The minimum atomic E-state index is -1.02. The van der Waals surface area contributed by atoms with Crippen LogP contribution in [0.15, 0.2) is 78.9 Å². The highest BCUT2D eigenvalue weighted by atomic mass is 16.4. The first kappa shape index (κ1) is 16.5. The van der Waals surface area contributed by atoms with Crippen molar-refractivity contribution in [2.24, 2.45) is 0 Å². The lowest BCUT2D eigenvalue weighted by Gasteiger charge is -2.07. The molecule has 0 aromatic heterocycles. The number of hydrogen-bond donors (Lipinski definition) is 2. The molecular weight excluding hydrogens is 314 g/mol. The first-order valence-electron chi connectivity index (χ1n) is 7.89. The van der Waals surface area contributed by atoms with E-state index in [1.165, 1.54) is 12.1 Å². The molecule has 4 heteroatoms. The maximum atomic E-state index is 12.2. The zero-order chi connectivity index (χ0) is 17.6. The maximum Gasteiger partial charge on any atom is 0.335 e. The van der Waals surface area contributed by atoms with Gasteiger partial charge in [0.25, 0.3) is 0 Å². The number of carbonyl (C=O) groups excluding carboxylic acids is 1. The largest absolute Gasteiger partial charge is 0.478 e. The van der Waals surface area contributed by atoms with Gasteiger partial charge in [-0.2, -0.15) is 0 Å². The van der Waals surface area contributed by atoms with Crippen LogP contribution in [0.2, 0.25) is 0 Å². The van der Waals surface area contributed by atoms with Crippen molar-refractivity contribution in [1.82, 2.24) is 0 Å². The minimum Gasteiger partial charge on any atom is -0.478 e. The van der Waals surface area contributed by atoms with Gasteiger partial charge in [0.15, 0.2) is 0 Å². The molecule has 0 fully saturated rings. The van der Waals surface area contributed by atoms with Gasteiger partial charge >= 0.3 is 5.97 Å². The number of anilines is 1. The monoisotopic (exact) mass is 331 g/mol. The van der Waals surface area contributed by atoms with Crippen LogP contribution < -0.4 is 5.32 Å². The van der Waals surface area contributed by atoms with Crippen molar-refractivity contribution in [3.8, 4) is 11.1 Å². The molecule has 124 valence electrons. The number of carboxylic acids is 1. The molecule has 4 nitrogen and oxygen atoms in total. The summed E-state index contributed by atoms with van der Waals surface area (Å²) < 4.78 is 0. The second-order valence-corrected chi connectivity index (χ2v) is 5.67. The molecule has 0 saturated carbocycles. The highest BCUT2D eigenvalue weighted by molar-refractivity contribution is 5.94. The van der Waals surface area contributed by atoms with Crippen molar-refractivity contribution in [3.05, 3.63) is 90.0 Å². The van der Waals surface area contributed by atoms with E-state index < -0.39 is 5.97 Å². The van der Waals surface area contributed by atoms with Crippen LogP contribution in [-0.2, 0) is 11.2 Å². The molecule has 1 amide bonds. The quantitative estimate of drug-likeness (QED) is 0.735. The Balaban J connectivity index is 1.65. The molecule has 0 spiro atoms. The molecular formula is C21H17NO3. The Morgan fingerprint density at radius 2 is 1.48 bits per heavy atom. The van der Waals surface area contributed by atoms with E-state index >= 15 is 0 Å². The molecule has 0 saturated heterocycles. The first-order valence-corrected chi connectivity index (χ1v) is 7.89. The van der Waals surface area contributed by atoms with Gasteiger partial charge in [-0.05, 0) is 34.9 Å². The van der Waals surface area contributed by atoms with Gasteiger partial charge in [0, 0.05) is 5.69 Å². The van der Waals surface area contributed by atoms with Gasteiger partial charge in [-0.25, -0.2) is 4.79 Å². The Labute approximate surface area is 145 Å². The molecule has 25 heavy (non-hydrogen) atoms. The number of benzene rings is 3. The normalized spacial score (nSPS) is 10.2. The molecule has 0 aliphatic carbocycles. The molecule has 0 aliphatic heterocycles. The number of carboxylic acid groups (broad SMARTS) is 1. The van der Waals surface area contributed by atoms with Crippen LogP contribution in [0.4, 0.5) is 5.69 Å². The lowest BCUT2D eigenvalue weighted by Crippen LogP contribution is -2.14. The Hall–Kier alpha value is -3.40. The number of amides is 1. The average Bonchev–Trinajstić information content (AvgIpc) is 2.63. The van der Waals surface area contributed by atoms with E-state index in [0.717, 1.165) is 16.7 Å². The summed E-state index contributed by atoms with van der Waals surface area (Å²) in [6.45, 7) is 0. The van der Waals surface area contributed by atoms with Crippen molar-refractivity contribution in [2.45, 2.75) is 6.42 Å². The molecule has 3 aromatic carbocycles. The van der Waals surface area contributed by atoms with Crippen molar-refractivity contribution in [2.75, 3.05) is 5.32 Å². The zero-order valence-electron chi connectivity index (χ0n) is 13.5. The lowest BCUT2D eigenvalue weighted by molar-refractivity contribution is -0.115. The summed E-state index contributed by atoms with van der Waals surface area (Å²) in [6, 6.07) is 24.1. The third-order valence-corrected chi connectivity index (χ3v) is 3.82. The Kier molecular flexibility index (Phi) is 4.90. The van der Waals surface area contributed by atoms with Crippen LogP contribution in [0.3, 0.4) is 0 Å². The summed E-state index contributed by atoms with van der Waals surface area (Å²) in [6.07, 6.45) is 0.229. The number of rotatable bonds is 5. The van der Waals surface area contributed by atoms with Crippen LogP contribution in [0.1, 0.15) is 15.9 Å². The van der Waals surface area contributed by atoms with E-state index in [1.54, 1.807) is 12.1 Å². The summed E-state index contributed by atoms with van der Waals surface area (Å²) in [5.41, 5.74) is 3.74. The maximum absolute atomic E-state index is 12.2. The second-order valence-electron chi connectivity index (χ2n) is 5.67. The molecule has 2 N–H and O–H groups in total. The Bertz CT molecular complexity index is 887. The minimum absolute atomic E-state index is 0.144.